The number of amides is 1. The molecule has 0 aromatic carbocycles. The SMILES string of the molecule is CCC(C)(CO)NC(=O)CNCCOC. The Bertz CT molecular complexity index is 182. The molecule has 0 aromatic rings. The van der Waals surface area contributed by atoms with Crippen LogP contribution in [0.2, 0.25) is 0 Å². The third-order valence-electron chi connectivity index (χ3n) is 2.34. The van der Waals surface area contributed by atoms with E-state index in [1.807, 2.05) is 13.8 Å². The van der Waals surface area contributed by atoms with E-state index in [9.17, 15) is 4.79 Å². The smallest absolute Gasteiger partial charge is 0.234 e. The van der Waals surface area contributed by atoms with Gasteiger partial charge in [-0.15, -0.1) is 0 Å². The molecule has 0 saturated carbocycles. The molecule has 0 aliphatic carbocycles. The Labute approximate surface area is 91.2 Å². The minimum atomic E-state index is -0.514. The molecule has 0 heterocycles. The first-order valence-electron chi connectivity index (χ1n) is 5.19. The van der Waals surface area contributed by atoms with Crippen molar-refractivity contribution in [1.29, 1.82) is 0 Å². The lowest BCUT2D eigenvalue weighted by Gasteiger charge is -2.27. The molecular formula is C10H22N2O3. The molecule has 0 fully saturated rings. The van der Waals surface area contributed by atoms with Gasteiger partial charge >= 0.3 is 0 Å². The van der Waals surface area contributed by atoms with Crippen LogP contribution >= 0.6 is 0 Å². The summed E-state index contributed by atoms with van der Waals surface area (Å²) in [4.78, 5) is 11.4. The van der Waals surface area contributed by atoms with E-state index in [0.717, 1.165) is 0 Å². The van der Waals surface area contributed by atoms with Crippen LogP contribution in [-0.4, -0.2) is 50.0 Å². The maximum atomic E-state index is 11.4. The summed E-state index contributed by atoms with van der Waals surface area (Å²) in [7, 11) is 1.61. The van der Waals surface area contributed by atoms with Gasteiger partial charge in [-0.05, 0) is 13.3 Å². The maximum Gasteiger partial charge on any atom is 0.234 e. The van der Waals surface area contributed by atoms with Crippen molar-refractivity contribution in [3.8, 4) is 0 Å². The van der Waals surface area contributed by atoms with Crippen LogP contribution in [0.15, 0.2) is 0 Å². The zero-order valence-corrected chi connectivity index (χ0v) is 9.80. The van der Waals surface area contributed by atoms with E-state index in [1.165, 1.54) is 0 Å². The van der Waals surface area contributed by atoms with E-state index in [1.54, 1.807) is 7.11 Å². The summed E-state index contributed by atoms with van der Waals surface area (Å²) in [5.41, 5.74) is -0.514. The molecule has 1 atom stereocenters. The van der Waals surface area contributed by atoms with Gasteiger partial charge in [0.2, 0.25) is 5.91 Å². The molecule has 0 aliphatic heterocycles. The summed E-state index contributed by atoms with van der Waals surface area (Å²) in [6.07, 6.45) is 0.702. The second-order valence-electron chi connectivity index (χ2n) is 3.79. The Morgan fingerprint density at radius 2 is 2.20 bits per heavy atom. The number of aliphatic hydroxyl groups is 1. The molecule has 1 unspecified atom stereocenters. The highest BCUT2D eigenvalue weighted by molar-refractivity contribution is 5.78. The van der Waals surface area contributed by atoms with Crippen LogP contribution in [-0.2, 0) is 9.53 Å². The number of carbonyl (C=O) groups excluding carboxylic acids is 1. The first kappa shape index (κ1) is 14.3. The standard InChI is InChI=1S/C10H22N2O3/c1-4-10(2,8-13)12-9(14)7-11-5-6-15-3/h11,13H,4-8H2,1-3H3,(H,12,14). The summed E-state index contributed by atoms with van der Waals surface area (Å²) in [5, 5.41) is 14.8. The van der Waals surface area contributed by atoms with Crippen molar-refractivity contribution in [1.82, 2.24) is 10.6 Å². The lowest BCUT2D eigenvalue weighted by atomic mass is 10.0. The van der Waals surface area contributed by atoms with Crippen molar-refractivity contribution < 1.29 is 14.6 Å². The number of carbonyl (C=O) groups is 1. The van der Waals surface area contributed by atoms with Crippen LogP contribution in [0.25, 0.3) is 0 Å². The highest BCUT2D eigenvalue weighted by Gasteiger charge is 2.22. The van der Waals surface area contributed by atoms with E-state index in [0.29, 0.717) is 19.6 Å². The summed E-state index contributed by atoms with van der Waals surface area (Å²) in [6, 6.07) is 0. The monoisotopic (exact) mass is 218 g/mol. The average molecular weight is 218 g/mol. The van der Waals surface area contributed by atoms with Gasteiger partial charge < -0.3 is 20.5 Å². The zero-order valence-electron chi connectivity index (χ0n) is 9.80. The van der Waals surface area contributed by atoms with Gasteiger partial charge in [-0.3, -0.25) is 4.79 Å². The third-order valence-corrected chi connectivity index (χ3v) is 2.34. The van der Waals surface area contributed by atoms with Crippen molar-refractivity contribution in [3.05, 3.63) is 0 Å². The Balaban J connectivity index is 3.72. The number of ether oxygens (including phenoxy) is 1. The Kier molecular flexibility index (Phi) is 7.29. The Morgan fingerprint density at radius 3 is 2.67 bits per heavy atom. The molecule has 1 amide bonds. The fourth-order valence-corrected chi connectivity index (χ4v) is 0.997. The van der Waals surface area contributed by atoms with E-state index in [-0.39, 0.29) is 19.1 Å². The van der Waals surface area contributed by atoms with E-state index >= 15 is 0 Å². The lowest BCUT2D eigenvalue weighted by molar-refractivity contribution is -0.122. The molecular weight excluding hydrogens is 196 g/mol. The number of aliphatic hydroxyl groups excluding tert-OH is 1. The molecule has 0 saturated heterocycles. The fourth-order valence-electron chi connectivity index (χ4n) is 0.997. The first-order chi connectivity index (χ1) is 7.08. The molecule has 0 aromatic heterocycles. The molecule has 0 bridgehead atoms. The van der Waals surface area contributed by atoms with Gasteiger partial charge in [0.25, 0.3) is 0 Å². The number of hydrogen-bond acceptors (Lipinski definition) is 4. The number of hydrogen-bond donors (Lipinski definition) is 3. The van der Waals surface area contributed by atoms with Crippen LogP contribution in [0.3, 0.4) is 0 Å². The predicted octanol–water partition coefficient (Wildman–Crippen LogP) is -0.500. The van der Waals surface area contributed by atoms with Crippen LogP contribution in [0.5, 0.6) is 0 Å². The lowest BCUT2D eigenvalue weighted by Crippen LogP contribution is -2.51. The van der Waals surface area contributed by atoms with Crippen molar-refractivity contribution in [3.63, 3.8) is 0 Å². The van der Waals surface area contributed by atoms with Crippen LogP contribution in [0.4, 0.5) is 0 Å². The number of nitrogens with one attached hydrogen (secondary N) is 2. The zero-order chi connectivity index (χ0) is 11.7. The molecule has 5 nitrogen and oxygen atoms in total. The van der Waals surface area contributed by atoms with Gasteiger partial charge in [0.05, 0.1) is 25.3 Å². The summed E-state index contributed by atoms with van der Waals surface area (Å²) in [6.45, 7) is 5.17. The fraction of sp³-hybridized carbons (Fsp3) is 0.900. The second kappa shape index (κ2) is 7.62. The third kappa shape index (κ3) is 6.43. The van der Waals surface area contributed by atoms with Crippen molar-refractivity contribution in [2.45, 2.75) is 25.8 Å². The van der Waals surface area contributed by atoms with Crippen molar-refractivity contribution in [2.24, 2.45) is 0 Å². The second-order valence-corrected chi connectivity index (χ2v) is 3.79. The Morgan fingerprint density at radius 1 is 1.53 bits per heavy atom. The van der Waals surface area contributed by atoms with Crippen LogP contribution in [0, 0.1) is 0 Å². The summed E-state index contributed by atoms with van der Waals surface area (Å²) in [5.74, 6) is -0.107. The first-order valence-corrected chi connectivity index (χ1v) is 5.19. The number of methoxy groups -OCH3 is 1. The van der Waals surface area contributed by atoms with Crippen molar-refractivity contribution in [2.75, 3.05) is 33.4 Å². The largest absolute Gasteiger partial charge is 0.394 e. The van der Waals surface area contributed by atoms with Crippen LogP contribution < -0.4 is 10.6 Å². The van der Waals surface area contributed by atoms with Gasteiger partial charge in [-0.2, -0.15) is 0 Å². The average Bonchev–Trinajstić information content (AvgIpc) is 2.24. The maximum absolute atomic E-state index is 11.4. The van der Waals surface area contributed by atoms with E-state index < -0.39 is 5.54 Å². The van der Waals surface area contributed by atoms with Gasteiger partial charge in [-0.25, -0.2) is 0 Å². The van der Waals surface area contributed by atoms with Crippen LogP contribution in [0.1, 0.15) is 20.3 Å². The van der Waals surface area contributed by atoms with E-state index in [2.05, 4.69) is 10.6 Å². The van der Waals surface area contributed by atoms with Gasteiger partial charge in [-0.1, -0.05) is 6.92 Å². The molecule has 3 N–H and O–H groups in total. The molecule has 5 heteroatoms. The van der Waals surface area contributed by atoms with Gasteiger partial charge in [0.15, 0.2) is 0 Å². The predicted molar refractivity (Wildman–Crippen MR) is 58.7 cm³/mol. The molecule has 0 radical (unpaired) electrons. The van der Waals surface area contributed by atoms with Crippen molar-refractivity contribution >= 4 is 5.91 Å². The number of rotatable bonds is 8. The topological polar surface area (TPSA) is 70.6 Å². The molecule has 0 spiro atoms. The summed E-state index contributed by atoms with van der Waals surface area (Å²) < 4.78 is 4.83. The van der Waals surface area contributed by atoms with E-state index in [4.69, 9.17) is 9.84 Å². The molecule has 0 aliphatic rings. The molecule has 0 rings (SSSR count). The Hall–Kier alpha value is -0.650. The molecule has 15 heavy (non-hydrogen) atoms. The normalized spacial score (nSPS) is 14.7. The quantitative estimate of drug-likeness (QED) is 0.480. The van der Waals surface area contributed by atoms with Gasteiger partial charge in [0, 0.05) is 13.7 Å². The highest BCUT2D eigenvalue weighted by atomic mass is 16.5. The minimum absolute atomic E-state index is 0.0483. The van der Waals surface area contributed by atoms with Gasteiger partial charge in [0.1, 0.15) is 0 Å². The summed E-state index contributed by atoms with van der Waals surface area (Å²) >= 11 is 0. The molecule has 90 valence electrons. The minimum Gasteiger partial charge on any atom is -0.394 e. The highest BCUT2D eigenvalue weighted by Crippen LogP contribution is 2.06.